The SMILES string of the molecule is O=C(OCc1cc(-c2ccccc2)no1)c1cccc(OCc2cscn2)c1. The Labute approximate surface area is 165 Å². The first-order valence-corrected chi connectivity index (χ1v) is 9.50. The van der Waals surface area contributed by atoms with Crippen molar-refractivity contribution in [2.75, 3.05) is 0 Å². The van der Waals surface area contributed by atoms with Gasteiger partial charge >= 0.3 is 5.97 Å². The maximum atomic E-state index is 12.3. The van der Waals surface area contributed by atoms with Gasteiger partial charge in [0.25, 0.3) is 0 Å². The molecule has 2 heterocycles. The lowest BCUT2D eigenvalue weighted by Crippen LogP contribution is -2.05. The normalized spacial score (nSPS) is 10.6. The number of hydrogen-bond acceptors (Lipinski definition) is 7. The molecule has 0 fully saturated rings. The van der Waals surface area contributed by atoms with E-state index in [9.17, 15) is 4.79 Å². The molecule has 4 rings (SSSR count). The van der Waals surface area contributed by atoms with Gasteiger partial charge in [-0.25, -0.2) is 9.78 Å². The van der Waals surface area contributed by atoms with Gasteiger partial charge in [-0.2, -0.15) is 0 Å². The molecule has 0 aliphatic heterocycles. The fourth-order valence-electron chi connectivity index (χ4n) is 2.52. The zero-order valence-electron chi connectivity index (χ0n) is 14.8. The number of ether oxygens (including phenoxy) is 2. The molecule has 4 aromatic rings. The van der Waals surface area contributed by atoms with Gasteiger partial charge < -0.3 is 14.0 Å². The highest BCUT2D eigenvalue weighted by atomic mass is 32.1. The van der Waals surface area contributed by atoms with Crippen molar-refractivity contribution in [2.24, 2.45) is 0 Å². The summed E-state index contributed by atoms with van der Waals surface area (Å²) in [5.41, 5.74) is 4.63. The van der Waals surface area contributed by atoms with Crippen molar-refractivity contribution in [3.05, 3.63) is 88.6 Å². The standard InChI is InChI=1S/C21H16N2O4S/c24-21(16-7-4-8-18(9-16)25-11-17-13-28-14-22-17)26-12-19-10-20(23-27-19)15-5-2-1-3-6-15/h1-10,13-14H,11-12H2. The van der Waals surface area contributed by atoms with Gasteiger partial charge in [-0.05, 0) is 18.2 Å². The number of benzene rings is 2. The van der Waals surface area contributed by atoms with Crippen LogP contribution in [0.25, 0.3) is 11.3 Å². The van der Waals surface area contributed by atoms with Gasteiger partial charge in [-0.1, -0.05) is 41.6 Å². The van der Waals surface area contributed by atoms with Crippen LogP contribution in [-0.2, 0) is 18.0 Å². The third kappa shape index (κ3) is 4.44. The van der Waals surface area contributed by atoms with E-state index in [1.165, 1.54) is 11.3 Å². The lowest BCUT2D eigenvalue weighted by molar-refractivity contribution is 0.0437. The molecule has 140 valence electrons. The summed E-state index contributed by atoms with van der Waals surface area (Å²) >= 11 is 1.51. The number of carbonyl (C=O) groups excluding carboxylic acids is 1. The van der Waals surface area contributed by atoms with E-state index in [-0.39, 0.29) is 6.61 Å². The smallest absolute Gasteiger partial charge is 0.338 e. The quantitative estimate of drug-likeness (QED) is 0.423. The molecule has 0 N–H and O–H groups in total. The van der Waals surface area contributed by atoms with Gasteiger partial charge in [0.15, 0.2) is 12.4 Å². The van der Waals surface area contributed by atoms with Gasteiger partial charge in [-0.15, -0.1) is 11.3 Å². The molecule has 0 aliphatic rings. The van der Waals surface area contributed by atoms with Crippen LogP contribution in [0.1, 0.15) is 21.8 Å². The second-order valence-corrected chi connectivity index (χ2v) is 6.64. The average Bonchev–Trinajstić information content (AvgIpc) is 3.43. The Hall–Kier alpha value is -3.45. The van der Waals surface area contributed by atoms with Gasteiger partial charge in [0.1, 0.15) is 18.1 Å². The first-order valence-electron chi connectivity index (χ1n) is 8.56. The molecule has 0 atom stereocenters. The molecule has 0 radical (unpaired) electrons. The van der Waals surface area contributed by atoms with Crippen molar-refractivity contribution in [1.29, 1.82) is 0 Å². The molecule has 0 amide bonds. The molecule has 2 aromatic heterocycles. The van der Waals surface area contributed by atoms with E-state index >= 15 is 0 Å². The highest BCUT2D eigenvalue weighted by molar-refractivity contribution is 7.07. The Bertz CT molecular complexity index is 1050. The summed E-state index contributed by atoms with van der Waals surface area (Å²) in [4.78, 5) is 16.5. The number of thiazole rings is 1. The summed E-state index contributed by atoms with van der Waals surface area (Å²) in [6.45, 7) is 0.352. The van der Waals surface area contributed by atoms with Crippen LogP contribution >= 0.6 is 11.3 Å². The summed E-state index contributed by atoms with van der Waals surface area (Å²) in [6, 6.07) is 18.3. The topological polar surface area (TPSA) is 74.5 Å². The highest BCUT2D eigenvalue weighted by Gasteiger charge is 2.12. The Balaban J connectivity index is 1.35. The van der Waals surface area contributed by atoms with Crippen LogP contribution < -0.4 is 4.74 Å². The third-order valence-electron chi connectivity index (χ3n) is 3.91. The molecule has 2 aromatic carbocycles. The van der Waals surface area contributed by atoms with E-state index in [0.717, 1.165) is 11.3 Å². The Morgan fingerprint density at radius 2 is 1.93 bits per heavy atom. The lowest BCUT2D eigenvalue weighted by Gasteiger charge is -2.07. The molecule has 0 bridgehead atoms. The molecule has 0 saturated carbocycles. The number of aromatic nitrogens is 2. The van der Waals surface area contributed by atoms with E-state index in [1.54, 1.807) is 35.8 Å². The van der Waals surface area contributed by atoms with Crippen LogP contribution in [0.4, 0.5) is 0 Å². The van der Waals surface area contributed by atoms with Crippen LogP contribution in [0, 0.1) is 0 Å². The predicted molar refractivity (Wildman–Crippen MR) is 104 cm³/mol. The van der Waals surface area contributed by atoms with E-state index in [4.69, 9.17) is 14.0 Å². The van der Waals surface area contributed by atoms with Crippen LogP contribution in [0.5, 0.6) is 5.75 Å². The first kappa shape index (κ1) is 17.9. The minimum absolute atomic E-state index is 0.00256. The second kappa shape index (κ2) is 8.49. The number of hydrogen-bond donors (Lipinski definition) is 0. The first-order chi connectivity index (χ1) is 13.8. The predicted octanol–water partition coefficient (Wildman–Crippen LogP) is 4.73. The van der Waals surface area contributed by atoms with Crippen molar-refractivity contribution < 1.29 is 18.8 Å². The van der Waals surface area contributed by atoms with Crippen molar-refractivity contribution in [1.82, 2.24) is 10.1 Å². The van der Waals surface area contributed by atoms with Crippen molar-refractivity contribution in [3.8, 4) is 17.0 Å². The largest absolute Gasteiger partial charge is 0.487 e. The Morgan fingerprint density at radius 1 is 1.04 bits per heavy atom. The molecule has 7 heteroatoms. The van der Waals surface area contributed by atoms with Crippen LogP contribution in [0.15, 0.2) is 76.1 Å². The molecule has 0 saturated heterocycles. The maximum absolute atomic E-state index is 12.3. The lowest BCUT2D eigenvalue weighted by atomic mass is 10.1. The molecule has 0 unspecified atom stereocenters. The van der Waals surface area contributed by atoms with E-state index in [0.29, 0.717) is 29.4 Å². The number of esters is 1. The Kier molecular flexibility index (Phi) is 5.44. The molecule has 0 aliphatic carbocycles. The second-order valence-electron chi connectivity index (χ2n) is 5.92. The van der Waals surface area contributed by atoms with Gasteiger partial charge in [0.2, 0.25) is 0 Å². The minimum Gasteiger partial charge on any atom is -0.487 e. The van der Waals surface area contributed by atoms with E-state index in [2.05, 4.69) is 10.1 Å². The average molecular weight is 392 g/mol. The van der Waals surface area contributed by atoms with Gasteiger partial charge in [-0.3, -0.25) is 0 Å². The fourth-order valence-corrected chi connectivity index (χ4v) is 3.07. The third-order valence-corrected chi connectivity index (χ3v) is 4.55. The van der Waals surface area contributed by atoms with E-state index < -0.39 is 5.97 Å². The zero-order chi connectivity index (χ0) is 19.2. The van der Waals surface area contributed by atoms with Crippen molar-refractivity contribution in [3.63, 3.8) is 0 Å². The number of nitrogens with zero attached hydrogens (tertiary/aromatic N) is 2. The summed E-state index contributed by atoms with van der Waals surface area (Å²) < 4.78 is 16.2. The van der Waals surface area contributed by atoms with Crippen molar-refractivity contribution in [2.45, 2.75) is 13.2 Å². The van der Waals surface area contributed by atoms with Crippen LogP contribution in [-0.4, -0.2) is 16.1 Å². The van der Waals surface area contributed by atoms with Gasteiger partial charge in [0, 0.05) is 17.0 Å². The zero-order valence-corrected chi connectivity index (χ0v) is 15.6. The maximum Gasteiger partial charge on any atom is 0.338 e. The van der Waals surface area contributed by atoms with Crippen LogP contribution in [0.2, 0.25) is 0 Å². The summed E-state index contributed by atoms with van der Waals surface area (Å²) in [5, 5.41) is 5.92. The Morgan fingerprint density at radius 3 is 2.75 bits per heavy atom. The fraction of sp³-hybridized carbons (Fsp3) is 0.0952. The molecular weight excluding hydrogens is 376 g/mol. The number of rotatable bonds is 7. The molecule has 6 nitrogen and oxygen atoms in total. The molecule has 0 spiro atoms. The molecular formula is C21H16N2O4S. The summed E-state index contributed by atoms with van der Waals surface area (Å²) in [6.07, 6.45) is 0. The highest BCUT2D eigenvalue weighted by Crippen LogP contribution is 2.20. The summed E-state index contributed by atoms with van der Waals surface area (Å²) in [7, 11) is 0. The van der Waals surface area contributed by atoms with E-state index in [1.807, 2.05) is 35.7 Å². The summed E-state index contributed by atoms with van der Waals surface area (Å²) in [5.74, 6) is 0.591. The van der Waals surface area contributed by atoms with Crippen LogP contribution in [0.3, 0.4) is 0 Å². The minimum atomic E-state index is -0.461. The number of carbonyl (C=O) groups is 1. The monoisotopic (exact) mass is 392 g/mol. The van der Waals surface area contributed by atoms with Gasteiger partial charge in [0.05, 0.1) is 16.8 Å². The molecule has 28 heavy (non-hydrogen) atoms. The van der Waals surface area contributed by atoms with Crippen molar-refractivity contribution >= 4 is 17.3 Å².